The van der Waals surface area contributed by atoms with Crippen molar-refractivity contribution >= 4 is 22.5 Å². The quantitative estimate of drug-likeness (QED) is 0.760. The molecule has 0 bridgehead atoms. The van der Waals surface area contributed by atoms with Crippen molar-refractivity contribution in [2.75, 3.05) is 0 Å². The van der Waals surface area contributed by atoms with E-state index in [-0.39, 0.29) is 5.02 Å². The fourth-order valence-electron chi connectivity index (χ4n) is 2.34. The van der Waals surface area contributed by atoms with E-state index >= 15 is 0 Å². The van der Waals surface area contributed by atoms with Gasteiger partial charge in [0.15, 0.2) is 0 Å². The minimum atomic E-state index is -0.927. The third-order valence-electron chi connectivity index (χ3n) is 3.37. The van der Waals surface area contributed by atoms with Crippen LogP contribution in [0, 0.1) is 12.7 Å². The summed E-state index contributed by atoms with van der Waals surface area (Å²) in [6, 6.07) is 13.4. The molecule has 21 heavy (non-hydrogen) atoms. The van der Waals surface area contributed by atoms with Gasteiger partial charge in [0, 0.05) is 16.1 Å². The van der Waals surface area contributed by atoms with Gasteiger partial charge in [0.1, 0.15) is 11.9 Å². The lowest BCUT2D eigenvalue weighted by Crippen LogP contribution is -2.00. The second-order valence-electron chi connectivity index (χ2n) is 5.01. The molecule has 3 rings (SSSR count). The van der Waals surface area contributed by atoms with Crippen LogP contribution in [0.5, 0.6) is 0 Å². The predicted molar refractivity (Wildman–Crippen MR) is 82.0 cm³/mol. The summed E-state index contributed by atoms with van der Waals surface area (Å²) in [5.74, 6) is -0.463. The molecule has 0 saturated heterocycles. The molecule has 0 aliphatic rings. The number of nitrogens with zero attached hydrogens (tertiary/aromatic N) is 1. The van der Waals surface area contributed by atoms with Gasteiger partial charge in [-0.2, -0.15) is 0 Å². The number of aliphatic hydroxyl groups is 1. The highest BCUT2D eigenvalue weighted by Crippen LogP contribution is 2.27. The summed E-state index contributed by atoms with van der Waals surface area (Å²) in [5, 5.41) is 11.6. The van der Waals surface area contributed by atoms with Crippen molar-refractivity contribution in [2.45, 2.75) is 13.0 Å². The van der Waals surface area contributed by atoms with Crippen molar-refractivity contribution in [1.82, 2.24) is 4.98 Å². The first-order chi connectivity index (χ1) is 10.0. The predicted octanol–water partition coefficient (Wildman–Crippen LogP) is 4.42. The molecule has 2 nitrogen and oxygen atoms in total. The lowest BCUT2D eigenvalue weighted by atomic mass is 9.99. The van der Waals surface area contributed by atoms with E-state index in [1.807, 2.05) is 31.2 Å². The first-order valence-electron chi connectivity index (χ1n) is 6.54. The second-order valence-corrected chi connectivity index (χ2v) is 5.45. The smallest absolute Gasteiger partial charge is 0.125 e. The Morgan fingerprint density at radius 3 is 2.62 bits per heavy atom. The van der Waals surface area contributed by atoms with Crippen LogP contribution in [0.2, 0.25) is 5.02 Å². The minimum absolute atomic E-state index is 0.266. The van der Waals surface area contributed by atoms with E-state index in [1.54, 1.807) is 12.1 Å². The van der Waals surface area contributed by atoms with Crippen molar-refractivity contribution in [2.24, 2.45) is 0 Å². The molecule has 4 heteroatoms. The third-order valence-corrected chi connectivity index (χ3v) is 3.59. The van der Waals surface area contributed by atoms with Crippen LogP contribution in [0.3, 0.4) is 0 Å². The number of benzene rings is 2. The standard InChI is InChI=1S/C17H13ClFNO/c1-10-2-3-11-6-12(4-5-16(11)20-10)17(21)13-7-14(18)9-15(19)8-13/h2-9,17,21H,1H3. The Morgan fingerprint density at radius 2 is 1.86 bits per heavy atom. The van der Waals surface area contributed by atoms with E-state index < -0.39 is 11.9 Å². The van der Waals surface area contributed by atoms with E-state index in [0.717, 1.165) is 16.6 Å². The maximum Gasteiger partial charge on any atom is 0.125 e. The molecule has 1 aromatic heterocycles. The highest BCUT2D eigenvalue weighted by atomic mass is 35.5. The van der Waals surface area contributed by atoms with Gasteiger partial charge in [0.05, 0.1) is 5.52 Å². The number of hydrogen-bond donors (Lipinski definition) is 1. The number of fused-ring (bicyclic) bond motifs is 1. The molecule has 1 N–H and O–H groups in total. The topological polar surface area (TPSA) is 33.1 Å². The van der Waals surface area contributed by atoms with E-state index in [2.05, 4.69) is 4.98 Å². The summed E-state index contributed by atoms with van der Waals surface area (Å²) in [6.07, 6.45) is -0.927. The van der Waals surface area contributed by atoms with Crippen molar-refractivity contribution in [3.63, 3.8) is 0 Å². The Balaban J connectivity index is 2.04. The molecule has 1 atom stereocenters. The minimum Gasteiger partial charge on any atom is -0.384 e. The molecule has 1 unspecified atom stereocenters. The molecule has 0 spiro atoms. The van der Waals surface area contributed by atoms with Crippen LogP contribution in [0.4, 0.5) is 4.39 Å². The van der Waals surface area contributed by atoms with Crippen LogP contribution in [0.15, 0.2) is 48.5 Å². The van der Waals surface area contributed by atoms with Gasteiger partial charge in [0.25, 0.3) is 0 Å². The number of aliphatic hydroxyl groups excluding tert-OH is 1. The number of halogens is 2. The molecule has 1 heterocycles. The first kappa shape index (κ1) is 14.0. The van der Waals surface area contributed by atoms with Crippen LogP contribution < -0.4 is 0 Å². The zero-order valence-corrected chi connectivity index (χ0v) is 12.1. The first-order valence-corrected chi connectivity index (χ1v) is 6.92. The Hall–Kier alpha value is -1.97. The maximum absolute atomic E-state index is 13.4. The number of aryl methyl sites for hydroxylation is 1. The Labute approximate surface area is 126 Å². The summed E-state index contributed by atoms with van der Waals surface area (Å²) >= 11 is 5.83. The van der Waals surface area contributed by atoms with Gasteiger partial charge in [0.2, 0.25) is 0 Å². The molecule has 2 aromatic carbocycles. The molecule has 0 saturated carbocycles. The van der Waals surface area contributed by atoms with Gasteiger partial charge in [-0.3, -0.25) is 4.98 Å². The molecular formula is C17H13ClFNO. The van der Waals surface area contributed by atoms with Gasteiger partial charge in [-0.05, 0) is 54.4 Å². The van der Waals surface area contributed by atoms with Crippen LogP contribution in [0.25, 0.3) is 10.9 Å². The van der Waals surface area contributed by atoms with Crippen LogP contribution in [-0.4, -0.2) is 10.1 Å². The number of aromatic nitrogens is 1. The van der Waals surface area contributed by atoms with Crippen LogP contribution in [0.1, 0.15) is 22.9 Å². The van der Waals surface area contributed by atoms with E-state index in [0.29, 0.717) is 11.1 Å². The maximum atomic E-state index is 13.4. The fourth-order valence-corrected chi connectivity index (χ4v) is 2.57. The SMILES string of the molecule is Cc1ccc2cc(C(O)c3cc(F)cc(Cl)c3)ccc2n1. The fraction of sp³-hybridized carbons (Fsp3) is 0.118. The van der Waals surface area contributed by atoms with E-state index in [9.17, 15) is 9.50 Å². The lowest BCUT2D eigenvalue weighted by molar-refractivity contribution is 0.220. The summed E-state index contributed by atoms with van der Waals surface area (Å²) in [7, 11) is 0. The van der Waals surface area contributed by atoms with Crippen LogP contribution >= 0.6 is 11.6 Å². The molecule has 0 radical (unpaired) electrons. The van der Waals surface area contributed by atoms with Gasteiger partial charge in [-0.15, -0.1) is 0 Å². The molecule has 3 aromatic rings. The highest BCUT2D eigenvalue weighted by Gasteiger charge is 2.13. The molecule has 106 valence electrons. The average Bonchev–Trinajstić information content (AvgIpc) is 2.45. The Bertz CT molecular complexity index is 799. The van der Waals surface area contributed by atoms with E-state index in [4.69, 9.17) is 11.6 Å². The van der Waals surface area contributed by atoms with Crippen molar-refractivity contribution in [3.05, 3.63) is 76.2 Å². The van der Waals surface area contributed by atoms with Gasteiger partial charge in [-0.25, -0.2) is 4.39 Å². The number of rotatable bonds is 2. The second kappa shape index (κ2) is 5.43. The molecule has 0 aliphatic carbocycles. The zero-order chi connectivity index (χ0) is 15.0. The number of hydrogen-bond acceptors (Lipinski definition) is 2. The Morgan fingerprint density at radius 1 is 1.05 bits per heavy atom. The summed E-state index contributed by atoms with van der Waals surface area (Å²) < 4.78 is 13.4. The highest BCUT2D eigenvalue weighted by molar-refractivity contribution is 6.30. The zero-order valence-electron chi connectivity index (χ0n) is 11.3. The normalized spacial score (nSPS) is 12.6. The van der Waals surface area contributed by atoms with Crippen molar-refractivity contribution in [1.29, 1.82) is 0 Å². The summed E-state index contributed by atoms with van der Waals surface area (Å²) in [6.45, 7) is 1.93. The van der Waals surface area contributed by atoms with Crippen molar-refractivity contribution < 1.29 is 9.50 Å². The molecular weight excluding hydrogens is 289 g/mol. The molecule has 0 fully saturated rings. The van der Waals surface area contributed by atoms with E-state index in [1.165, 1.54) is 12.1 Å². The largest absolute Gasteiger partial charge is 0.384 e. The van der Waals surface area contributed by atoms with Gasteiger partial charge < -0.3 is 5.11 Å². The number of pyridine rings is 1. The molecule has 0 aliphatic heterocycles. The molecule has 0 amide bonds. The summed E-state index contributed by atoms with van der Waals surface area (Å²) in [4.78, 5) is 4.41. The van der Waals surface area contributed by atoms with Crippen LogP contribution in [-0.2, 0) is 0 Å². The van der Waals surface area contributed by atoms with Crippen molar-refractivity contribution in [3.8, 4) is 0 Å². The van der Waals surface area contributed by atoms with Gasteiger partial charge in [-0.1, -0.05) is 23.7 Å². The monoisotopic (exact) mass is 301 g/mol. The lowest BCUT2D eigenvalue weighted by Gasteiger charge is -2.13. The third kappa shape index (κ3) is 2.89. The average molecular weight is 302 g/mol. The summed E-state index contributed by atoms with van der Waals surface area (Å²) in [5.41, 5.74) is 2.91. The van der Waals surface area contributed by atoms with Gasteiger partial charge >= 0.3 is 0 Å². The Kier molecular flexibility index (Phi) is 3.62.